The molecule has 0 spiro atoms. The lowest BCUT2D eigenvalue weighted by Crippen LogP contribution is -2.01. The second-order valence-electron chi connectivity index (χ2n) is 6.43. The highest BCUT2D eigenvalue weighted by molar-refractivity contribution is 5.81. The number of ether oxygens (including phenoxy) is 1. The molecule has 0 heterocycles. The minimum atomic E-state index is -0.232. The van der Waals surface area contributed by atoms with Gasteiger partial charge in [-0.2, -0.15) is 0 Å². The Kier molecular flexibility index (Phi) is 16.0. The zero-order valence-electron chi connectivity index (χ0n) is 15.2. The number of methoxy groups -OCH3 is 1. The molecule has 0 aliphatic rings. The van der Waals surface area contributed by atoms with Gasteiger partial charge in [0, 0.05) is 6.08 Å². The first-order valence-corrected chi connectivity index (χ1v) is 9.49. The SMILES string of the molecule is CCCCCCCC(CC=CC(=O)OC)CCCCCCC. The van der Waals surface area contributed by atoms with E-state index in [2.05, 4.69) is 18.6 Å². The van der Waals surface area contributed by atoms with E-state index in [1.807, 2.05) is 6.08 Å². The molecular formula is C20H38O2. The van der Waals surface area contributed by atoms with E-state index in [0.29, 0.717) is 0 Å². The summed E-state index contributed by atoms with van der Waals surface area (Å²) in [4.78, 5) is 11.1. The van der Waals surface area contributed by atoms with E-state index in [-0.39, 0.29) is 5.97 Å². The molecule has 0 radical (unpaired) electrons. The van der Waals surface area contributed by atoms with Crippen molar-refractivity contribution in [1.82, 2.24) is 0 Å². The topological polar surface area (TPSA) is 26.3 Å². The van der Waals surface area contributed by atoms with E-state index in [4.69, 9.17) is 0 Å². The first kappa shape index (κ1) is 21.2. The molecule has 22 heavy (non-hydrogen) atoms. The Morgan fingerprint density at radius 2 is 1.36 bits per heavy atom. The van der Waals surface area contributed by atoms with E-state index in [1.54, 1.807) is 6.08 Å². The van der Waals surface area contributed by atoms with Gasteiger partial charge in [-0.15, -0.1) is 0 Å². The van der Waals surface area contributed by atoms with Crippen LogP contribution in [0.3, 0.4) is 0 Å². The Hall–Kier alpha value is -0.790. The van der Waals surface area contributed by atoms with Gasteiger partial charge in [0.2, 0.25) is 0 Å². The summed E-state index contributed by atoms with van der Waals surface area (Å²) in [5.41, 5.74) is 0. The van der Waals surface area contributed by atoms with Crippen molar-refractivity contribution in [2.45, 2.75) is 97.3 Å². The van der Waals surface area contributed by atoms with E-state index in [0.717, 1.165) is 12.3 Å². The first-order valence-electron chi connectivity index (χ1n) is 9.49. The van der Waals surface area contributed by atoms with Gasteiger partial charge in [-0.05, 0) is 12.3 Å². The molecule has 2 heteroatoms. The van der Waals surface area contributed by atoms with Crippen molar-refractivity contribution in [3.63, 3.8) is 0 Å². The van der Waals surface area contributed by atoms with Gasteiger partial charge in [0.25, 0.3) is 0 Å². The predicted octanol–water partition coefficient (Wildman–Crippen LogP) is 6.44. The Morgan fingerprint density at radius 3 is 1.82 bits per heavy atom. The molecule has 0 atom stereocenters. The fourth-order valence-electron chi connectivity index (χ4n) is 2.88. The molecule has 0 amide bonds. The second kappa shape index (κ2) is 16.6. The summed E-state index contributed by atoms with van der Waals surface area (Å²) in [7, 11) is 1.44. The van der Waals surface area contributed by atoms with Crippen molar-refractivity contribution < 1.29 is 9.53 Å². The quantitative estimate of drug-likeness (QED) is 0.197. The molecule has 0 rings (SSSR count). The maximum Gasteiger partial charge on any atom is 0.330 e. The molecule has 130 valence electrons. The third-order valence-corrected chi connectivity index (χ3v) is 4.36. The van der Waals surface area contributed by atoms with Gasteiger partial charge in [-0.25, -0.2) is 4.79 Å². The molecule has 0 saturated carbocycles. The van der Waals surface area contributed by atoms with Crippen molar-refractivity contribution in [3.05, 3.63) is 12.2 Å². The van der Waals surface area contributed by atoms with Gasteiger partial charge in [0.15, 0.2) is 0 Å². The van der Waals surface area contributed by atoms with Crippen molar-refractivity contribution >= 4 is 5.97 Å². The average Bonchev–Trinajstić information content (AvgIpc) is 2.53. The predicted molar refractivity (Wildman–Crippen MR) is 96.0 cm³/mol. The van der Waals surface area contributed by atoms with Crippen LogP contribution in [0.15, 0.2) is 12.2 Å². The number of hydrogen-bond acceptors (Lipinski definition) is 2. The van der Waals surface area contributed by atoms with Crippen LogP contribution in [0.4, 0.5) is 0 Å². The van der Waals surface area contributed by atoms with Gasteiger partial charge >= 0.3 is 5.97 Å². The van der Waals surface area contributed by atoms with Crippen LogP contribution in [-0.4, -0.2) is 13.1 Å². The Morgan fingerprint density at radius 1 is 0.864 bits per heavy atom. The average molecular weight is 311 g/mol. The summed E-state index contributed by atoms with van der Waals surface area (Å²) in [5, 5.41) is 0. The van der Waals surface area contributed by atoms with Gasteiger partial charge in [-0.3, -0.25) is 0 Å². The monoisotopic (exact) mass is 310 g/mol. The minimum Gasteiger partial charge on any atom is -0.466 e. The Balaban J connectivity index is 3.96. The van der Waals surface area contributed by atoms with Crippen molar-refractivity contribution in [1.29, 1.82) is 0 Å². The molecular weight excluding hydrogens is 272 g/mol. The zero-order valence-corrected chi connectivity index (χ0v) is 15.2. The van der Waals surface area contributed by atoms with Crippen LogP contribution >= 0.6 is 0 Å². The van der Waals surface area contributed by atoms with Crippen LogP contribution in [0.2, 0.25) is 0 Å². The lowest BCUT2D eigenvalue weighted by molar-refractivity contribution is -0.134. The standard InChI is InChI=1S/C20H38O2/c1-4-6-8-10-12-15-19(16-13-11-9-7-5-2)17-14-18-20(21)22-3/h14,18-19H,4-13,15-17H2,1-3H3. The molecule has 0 aromatic carbocycles. The molecule has 0 saturated heterocycles. The molecule has 2 nitrogen and oxygen atoms in total. The van der Waals surface area contributed by atoms with Gasteiger partial charge < -0.3 is 4.74 Å². The summed E-state index contributed by atoms with van der Waals surface area (Å²) in [6, 6.07) is 0. The molecule has 0 aliphatic carbocycles. The van der Waals surface area contributed by atoms with Crippen LogP contribution in [-0.2, 0) is 9.53 Å². The molecule has 0 bridgehead atoms. The highest BCUT2D eigenvalue weighted by Gasteiger charge is 2.07. The number of unbranched alkanes of at least 4 members (excludes halogenated alkanes) is 8. The number of rotatable bonds is 15. The minimum absolute atomic E-state index is 0.232. The van der Waals surface area contributed by atoms with Crippen molar-refractivity contribution in [2.75, 3.05) is 7.11 Å². The lowest BCUT2D eigenvalue weighted by Gasteiger charge is -2.15. The Labute approximate surface area is 138 Å². The molecule has 0 unspecified atom stereocenters. The van der Waals surface area contributed by atoms with Crippen LogP contribution in [0.25, 0.3) is 0 Å². The maximum absolute atomic E-state index is 11.1. The molecule has 0 aliphatic heterocycles. The summed E-state index contributed by atoms with van der Waals surface area (Å²) < 4.78 is 4.66. The second-order valence-corrected chi connectivity index (χ2v) is 6.43. The van der Waals surface area contributed by atoms with Crippen molar-refractivity contribution in [3.8, 4) is 0 Å². The Bertz CT molecular complexity index is 257. The third kappa shape index (κ3) is 14.2. The molecule has 0 N–H and O–H groups in total. The van der Waals surface area contributed by atoms with Gasteiger partial charge in [0.05, 0.1) is 7.11 Å². The van der Waals surface area contributed by atoms with Crippen LogP contribution < -0.4 is 0 Å². The highest BCUT2D eigenvalue weighted by Crippen LogP contribution is 2.22. The van der Waals surface area contributed by atoms with Gasteiger partial charge in [0.1, 0.15) is 0 Å². The molecule has 0 aromatic rings. The molecule has 0 aromatic heterocycles. The largest absolute Gasteiger partial charge is 0.466 e. The number of esters is 1. The van der Waals surface area contributed by atoms with Crippen LogP contribution in [0, 0.1) is 5.92 Å². The normalized spacial score (nSPS) is 11.5. The number of carbonyl (C=O) groups is 1. The maximum atomic E-state index is 11.1. The number of allylic oxidation sites excluding steroid dienone is 1. The summed E-state index contributed by atoms with van der Waals surface area (Å²) >= 11 is 0. The van der Waals surface area contributed by atoms with E-state index in [1.165, 1.54) is 84.2 Å². The van der Waals surface area contributed by atoms with E-state index in [9.17, 15) is 4.79 Å². The fraction of sp³-hybridized carbons (Fsp3) is 0.850. The van der Waals surface area contributed by atoms with Gasteiger partial charge in [-0.1, -0.05) is 97.0 Å². The van der Waals surface area contributed by atoms with Crippen LogP contribution in [0.5, 0.6) is 0 Å². The lowest BCUT2D eigenvalue weighted by atomic mass is 9.91. The fourth-order valence-corrected chi connectivity index (χ4v) is 2.88. The first-order chi connectivity index (χ1) is 10.7. The molecule has 0 fully saturated rings. The summed E-state index contributed by atoms with van der Waals surface area (Å²) in [6.45, 7) is 4.52. The number of carbonyl (C=O) groups excluding carboxylic acids is 1. The van der Waals surface area contributed by atoms with Crippen molar-refractivity contribution in [2.24, 2.45) is 5.92 Å². The third-order valence-electron chi connectivity index (χ3n) is 4.36. The number of hydrogen-bond donors (Lipinski definition) is 0. The highest BCUT2D eigenvalue weighted by atomic mass is 16.5. The zero-order chi connectivity index (χ0) is 16.5. The summed E-state index contributed by atoms with van der Waals surface area (Å²) in [5.74, 6) is 0.508. The van der Waals surface area contributed by atoms with E-state index < -0.39 is 0 Å². The summed E-state index contributed by atoms with van der Waals surface area (Å²) in [6.07, 6.45) is 20.7. The van der Waals surface area contributed by atoms with E-state index >= 15 is 0 Å². The smallest absolute Gasteiger partial charge is 0.330 e. The van der Waals surface area contributed by atoms with Crippen LogP contribution in [0.1, 0.15) is 97.3 Å².